The first-order valence-electron chi connectivity index (χ1n) is 32.8. The van der Waals surface area contributed by atoms with Gasteiger partial charge in [-0.05, 0) is 127 Å². The summed E-state index contributed by atoms with van der Waals surface area (Å²) in [6.07, 6.45) is 1.96. The maximum atomic E-state index is 15.1. The summed E-state index contributed by atoms with van der Waals surface area (Å²) < 4.78 is 88.7. The van der Waals surface area contributed by atoms with Crippen molar-refractivity contribution in [1.82, 2.24) is 0 Å². The molecule has 19 nitrogen and oxygen atoms in total. The average Bonchev–Trinajstić information content (AvgIpc) is 1.39. The summed E-state index contributed by atoms with van der Waals surface area (Å²) in [5, 5.41) is 11.7. The van der Waals surface area contributed by atoms with Crippen LogP contribution in [0.1, 0.15) is 153 Å². The molecule has 23 heteroatoms. The maximum absolute atomic E-state index is 15.1. The van der Waals surface area contributed by atoms with Crippen molar-refractivity contribution in [2.24, 2.45) is 11.8 Å². The second kappa shape index (κ2) is 33.8. The van der Waals surface area contributed by atoms with Crippen LogP contribution in [0.5, 0.6) is 11.5 Å². The first kappa shape index (κ1) is 80.1. The minimum Gasteiger partial charge on any atom is -0.487 e. The second-order valence-corrected chi connectivity index (χ2v) is 38.9. The number of rotatable bonds is 23. The molecule has 528 valence electrons. The highest BCUT2D eigenvalue weighted by Gasteiger charge is 2.60. The number of aliphatic hydroxyl groups is 1. The number of fused-ring (bicyclic) bond motifs is 1. The lowest BCUT2D eigenvalue weighted by molar-refractivity contribution is -0.314. The van der Waals surface area contributed by atoms with Gasteiger partial charge in [0.25, 0.3) is 0 Å². The van der Waals surface area contributed by atoms with Crippen LogP contribution >= 0.6 is 23.2 Å². The number of halogens is 2. The van der Waals surface area contributed by atoms with E-state index < -0.39 is 132 Å². The van der Waals surface area contributed by atoms with Crippen molar-refractivity contribution in [3.05, 3.63) is 105 Å². The van der Waals surface area contributed by atoms with Gasteiger partial charge in [0.2, 0.25) is 0 Å². The quantitative estimate of drug-likeness (QED) is 0.0466. The molecule has 3 saturated heterocycles. The Morgan fingerprint density at radius 1 is 0.840 bits per heavy atom. The van der Waals surface area contributed by atoms with Crippen LogP contribution < -0.4 is 9.47 Å². The van der Waals surface area contributed by atoms with Crippen LogP contribution in [0.25, 0.3) is 0 Å². The number of hydrogen-bond acceptors (Lipinski definition) is 19. The lowest BCUT2D eigenvalue weighted by Crippen LogP contribution is -2.63. The first-order chi connectivity index (χ1) is 43.7. The highest BCUT2D eigenvalue weighted by Crippen LogP contribution is 2.48. The lowest BCUT2D eigenvalue weighted by atomic mass is 9.88. The maximum Gasteiger partial charge on any atom is 0.509 e. The van der Waals surface area contributed by atoms with Gasteiger partial charge in [-0.2, -0.15) is 0 Å². The molecule has 0 spiro atoms. The number of carbonyl (C=O) groups excluding carboxylic acids is 4. The topological polar surface area (TPSA) is 218 Å². The number of ether oxygens (including phenoxy) is 12. The van der Waals surface area contributed by atoms with E-state index in [4.69, 9.17) is 88.9 Å². The molecular weight excluding hydrogens is 1280 g/mol. The molecule has 1 aromatic carbocycles. The van der Waals surface area contributed by atoms with E-state index in [-0.39, 0.29) is 81.3 Å². The largest absolute Gasteiger partial charge is 0.509 e. The zero-order chi connectivity index (χ0) is 70.7. The molecule has 0 aliphatic carbocycles. The standard InChI is InChI=1S/C71H108Cl2O19Si2/c1-25-35-80-57-51(48(28-4)52(72)58(53(57)73)81-36-26-2)65(77)85-56-45(11)83-66(59(79-20)54(56)74)82-39-47-31-29-30-32-49(92-94(23,24)70(15,16)17)42(8)38-46(27-3)55(86-67-61-60(87-68(78)88-61)62(71(18,19)90-67)89-63(75)40(5)6)43(9)37-41(7)33-34-50(84-64(47)76)44(10)91-93(21,22)69(12,13)14/h25-26,29-31,33,37-38,40,44-46,49-50,54-56,59-62,66-67,74H,1-2,27-28,32,34-36,39H2,3-24H3/b30-29+,41-33+,42-38+,43-37+,47-31+/t44-,45-,46+,49+,50+,54?,55+,56-,59?,60-,61+,62+,66-,67-/m1/s1. The molecule has 0 amide bonds. The average molecular weight is 1390 g/mol. The fraction of sp³-hybridized carbons (Fsp3) is 0.662. The fourth-order valence-electron chi connectivity index (χ4n) is 11.0. The van der Waals surface area contributed by atoms with Gasteiger partial charge in [0.15, 0.2) is 65.1 Å². The molecule has 0 aromatic heterocycles. The summed E-state index contributed by atoms with van der Waals surface area (Å²) in [5.41, 5.74) is 1.77. The van der Waals surface area contributed by atoms with E-state index in [1.807, 2.05) is 45.9 Å². The third-order valence-electron chi connectivity index (χ3n) is 18.5. The van der Waals surface area contributed by atoms with Crippen molar-refractivity contribution < 1.29 is 90.0 Å². The van der Waals surface area contributed by atoms with Crippen LogP contribution in [0.3, 0.4) is 0 Å². The molecule has 0 saturated carbocycles. The van der Waals surface area contributed by atoms with Crippen LogP contribution in [0.4, 0.5) is 4.79 Å². The molecule has 94 heavy (non-hydrogen) atoms. The zero-order valence-electron chi connectivity index (χ0n) is 59.7. The first-order valence-corrected chi connectivity index (χ1v) is 39.3. The number of methoxy groups -OCH3 is 1. The normalized spacial score (nSPS) is 30.5. The predicted molar refractivity (Wildman–Crippen MR) is 368 cm³/mol. The fourth-order valence-corrected chi connectivity index (χ4v) is 14.5. The zero-order valence-corrected chi connectivity index (χ0v) is 63.2. The minimum absolute atomic E-state index is 0.0265. The third kappa shape index (κ3) is 19.8. The van der Waals surface area contributed by atoms with Crippen molar-refractivity contribution >= 4 is 63.9 Å². The number of cyclic esters (lactones) is 1. The van der Waals surface area contributed by atoms with Crippen LogP contribution in [-0.4, -0.2) is 158 Å². The van der Waals surface area contributed by atoms with E-state index in [2.05, 4.69) is 93.9 Å². The Hall–Kier alpha value is -4.63. The summed E-state index contributed by atoms with van der Waals surface area (Å²) >= 11 is 13.7. The monoisotopic (exact) mass is 1390 g/mol. The van der Waals surface area contributed by atoms with Gasteiger partial charge in [0, 0.05) is 19.4 Å². The number of esters is 3. The molecule has 4 aliphatic heterocycles. The Morgan fingerprint density at radius 3 is 2.03 bits per heavy atom. The van der Waals surface area contributed by atoms with Gasteiger partial charge in [0.05, 0.1) is 47.5 Å². The smallest absolute Gasteiger partial charge is 0.487 e. The van der Waals surface area contributed by atoms with Crippen molar-refractivity contribution in [2.45, 2.75) is 265 Å². The van der Waals surface area contributed by atoms with E-state index in [1.165, 1.54) is 19.3 Å². The van der Waals surface area contributed by atoms with E-state index in [0.29, 0.717) is 18.4 Å². The highest BCUT2D eigenvalue weighted by atomic mass is 35.5. The van der Waals surface area contributed by atoms with Crippen molar-refractivity contribution in [3.63, 3.8) is 0 Å². The molecule has 5 rings (SSSR count). The Labute approximate surface area is 571 Å². The van der Waals surface area contributed by atoms with E-state index in [1.54, 1.807) is 53.7 Å². The van der Waals surface area contributed by atoms with Crippen LogP contribution in [0.2, 0.25) is 46.3 Å². The second-order valence-electron chi connectivity index (χ2n) is 28.7. The molecule has 4 heterocycles. The van der Waals surface area contributed by atoms with Crippen LogP contribution in [0, 0.1) is 11.8 Å². The Bertz CT molecular complexity index is 2990. The highest BCUT2D eigenvalue weighted by molar-refractivity contribution is 6.74. The van der Waals surface area contributed by atoms with Crippen LogP contribution in [-0.2, 0) is 72.2 Å². The van der Waals surface area contributed by atoms with Gasteiger partial charge in [-0.15, -0.1) is 0 Å². The van der Waals surface area contributed by atoms with Gasteiger partial charge < -0.3 is 70.8 Å². The molecule has 2 unspecified atom stereocenters. The van der Waals surface area contributed by atoms with E-state index in [9.17, 15) is 19.5 Å². The van der Waals surface area contributed by atoms with E-state index in [0.717, 1.165) is 16.7 Å². The third-order valence-corrected chi connectivity index (χ3v) is 28.3. The Morgan fingerprint density at radius 2 is 1.46 bits per heavy atom. The molecule has 3 fully saturated rings. The number of aliphatic hydroxyl groups excluding tert-OH is 1. The van der Waals surface area contributed by atoms with E-state index >= 15 is 4.79 Å². The minimum atomic E-state index is -2.48. The molecule has 4 aliphatic rings. The Balaban J connectivity index is 1.59. The number of carbonyl (C=O) groups is 4. The number of allylic oxidation sites excluding steroid dienone is 4. The van der Waals surface area contributed by atoms with Gasteiger partial charge >= 0.3 is 24.1 Å². The summed E-state index contributed by atoms with van der Waals surface area (Å²) in [6, 6.07) is 0. The van der Waals surface area contributed by atoms with Crippen molar-refractivity contribution in [1.29, 1.82) is 0 Å². The summed E-state index contributed by atoms with van der Waals surface area (Å²) in [7, 11) is -3.60. The lowest BCUT2D eigenvalue weighted by Gasteiger charge is -2.46. The van der Waals surface area contributed by atoms with Gasteiger partial charge in [-0.1, -0.05) is 154 Å². The predicted octanol–water partition coefficient (Wildman–Crippen LogP) is 15.2. The van der Waals surface area contributed by atoms with Crippen LogP contribution in [0.15, 0.2) is 84.1 Å². The SMILES string of the molecule is C=CCOc1c(Cl)c(CC)c(C(=O)O[C@H]2C(O)C(OC)[C@H](OC/C3=C\C=C\C[C@H](O[Si](C)(C)C(C)(C)C)/C(C)=C/[C@H](CC)[C@@H](O[C@@H]4OC(C)(C)[C@@H](OC(=O)C(C)C)[C@@H]5OC(=O)O[C@H]45)/C(C)=C/C(C)=C/C[C@@H]([C@@H](C)O[Si](C)(C)C(C)(C)C)OC3=O)O[C@@H]2C)c(OCC=C)c1Cl. The number of benzene rings is 1. The van der Waals surface area contributed by atoms with Gasteiger partial charge in [-0.25, -0.2) is 14.4 Å². The van der Waals surface area contributed by atoms with Crippen molar-refractivity contribution in [2.75, 3.05) is 26.9 Å². The molecule has 0 bridgehead atoms. The summed E-state index contributed by atoms with van der Waals surface area (Å²) in [6.45, 7) is 49.1. The molecular formula is C71H108Cl2O19Si2. The number of hydrogen-bond donors (Lipinski definition) is 1. The Kier molecular flexibility index (Phi) is 28.7. The molecule has 14 atom stereocenters. The summed E-state index contributed by atoms with van der Waals surface area (Å²) in [5.74, 6) is -2.77. The molecule has 0 radical (unpaired) electrons. The molecule has 1 N–H and O–H groups in total. The van der Waals surface area contributed by atoms with Gasteiger partial charge in [0.1, 0.15) is 47.7 Å². The summed E-state index contributed by atoms with van der Waals surface area (Å²) in [4.78, 5) is 55.6. The van der Waals surface area contributed by atoms with Crippen molar-refractivity contribution in [3.8, 4) is 11.5 Å². The molecule has 1 aromatic rings. The van der Waals surface area contributed by atoms with Gasteiger partial charge in [-0.3, -0.25) is 4.79 Å².